The van der Waals surface area contributed by atoms with Gasteiger partial charge in [0.15, 0.2) is 6.67 Å². The fourth-order valence-electron chi connectivity index (χ4n) is 0.0659. The average molecular weight is 217 g/mol. The Morgan fingerprint density at radius 2 is 1.71 bits per heavy atom. The Bertz CT molecular complexity index is 180. The SMILES string of the molecule is CC(C)(C)OO.NC(=O)C(F)(F)CF. The number of halogens is 3. The second-order valence-electron chi connectivity index (χ2n) is 3.41. The first-order valence-corrected chi connectivity index (χ1v) is 3.63. The molecule has 0 radical (unpaired) electrons. The van der Waals surface area contributed by atoms with Gasteiger partial charge in [-0.15, -0.1) is 0 Å². The van der Waals surface area contributed by atoms with E-state index in [1.807, 2.05) is 0 Å². The third-order valence-corrected chi connectivity index (χ3v) is 0.802. The van der Waals surface area contributed by atoms with Crippen LogP contribution in [0.15, 0.2) is 0 Å². The summed E-state index contributed by atoms with van der Waals surface area (Å²) in [6, 6.07) is 0. The second-order valence-corrected chi connectivity index (χ2v) is 3.41. The summed E-state index contributed by atoms with van der Waals surface area (Å²) in [5, 5.41) is 7.90. The molecule has 0 saturated carbocycles. The lowest BCUT2D eigenvalue weighted by atomic mass is 10.2. The zero-order chi connectivity index (χ0) is 12.0. The number of hydrogen-bond donors (Lipinski definition) is 2. The van der Waals surface area contributed by atoms with E-state index in [4.69, 9.17) is 5.26 Å². The number of primary amides is 1. The molecule has 14 heavy (non-hydrogen) atoms. The number of carbonyl (C=O) groups is 1. The second kappa shape index (κ2) is 5.82. The first-order chi connectivity index (χ1) is 6.06. The number of nitrogens with two attached hydrogens (primary N) is 1. The average Bonchev–Trinajstić information content (AvgIpc) is 2.04. The van der Waals surface area contributed by atoms with Crippen LogP contribution in [-0.2, 0) is 9.68 Å². The van der Waals surface area contributed by atoms with Crippen LogP contribution >= 0.6 is 0 Å². The first-order valence-electron chi connectivity index (χ1n) is 3.63. The molecule has 7 heteroatoms. The Morgan fingerprint density at radius 1 is 1.43 bits per heavy atom. The largest absolute Gasteiger partial charge is 0.364 e. The standard InChI is InChI=1S/C4H10O2.C3H4F3NO/c1-4(2,3)6-5;4-1-3(5,6)2(7)8/h5H,1-3H3;1H2,(H2,7,8). The molecule has 0 aromatic carbocycles. The number of amides is 1. The Kier molecular flexibility index (Phi) is 6.50. The first kappa shape index (κ1) is 15.6. The third kappa shape index (κ3) is 9.27. The van der Waals surface area contributed by atoms with Gasteiger partial charge in [-0.05, 0) is 20.8 Å². The molecule has 0 aliphatic rings. The van der Waals surface area contributed by atoms with E-state index < -0.39 is 24.1 Å². The van der Waals surface area contributed by atoms with Crippen LogP contribution in [0.3, 0.4) is 0 Å². The maximum Gasteiger partial charge on any atom is 0.351 e. The molecule has 0 spiro atoms. The van der Waals surface area contributed by atoms with Crippen molar-refractivity contribution in [3.05, 3.63) is 0 Å². The molecule has 0 atom stereocenters. The highest BCUT2D eigenvalue weighted by atomic mass is 19.3. The van der Waals surface area contributed by atoms with E-state index in [0.29, 0.717) is 0 Å². The van der Waals surface area contributed by atoms with Gasteiger partial charge in [0.2, 0.25) is 0 Å². The van der Waals surface area contributed by atoms with Crippen LogP contribution < -0.4 is 5.73 Å². The molecule has 0 unspecified atom stereocenters. The molecule has 0 heterocycles. The van der Waals surface area contributed by atoms with Crippen LogP contribution in [0.1, 0.15) is 20.8 Å². The van der Waals surface area contributed by atoms with Gasteiger partial charge in [0.25, 0.3) is 5.91 Å². The Morgan fingerprint density at radius 3 is 1.71 bits per heavy atom. The van der Waals surface area contributed by atoms with Crippen LogP contribution in [0.2, 0.25) is 0 Å². The quantitative estimate of drug-likeness (QED) is 0.541. The van der Waals surface area contributed by atoms with E-state index >= 15 is 0 Å². The minimum absolute atomic E-state index is 0.403. The summed E-state index contributed by atoms with van der Waals surface area (Å²) in [7, 11) is 0. The van der Waals surface area contributed by atoms with Gasteiger partial charge in [0, 0.05) is 0 Å². The normalized spacial score (nSPS) is 11.6. The summed E-state index contributed by atoms with van der Waals surface area (Å²) < 4.78 is 33.8. The predicted molar refractivity (Wildman–Crippen MR) is 43.6 cm³/mol. The van der Waals surface area contributed by atoms with Crippen LogP contribution in [0.5, 0.6) is 0 Å². The van der Waals surface area contributed by atoms with Gasteiger partial charge in [0.05, 0.1) is 5.60 Å². The number of hydrogen-bond acceptors (Lipinski definition) is 3. The molecule has 3 N–H and O–H groups in total. The fraction of sp³-hybridized carbons (Fsp3) is 0.857. The molecule has 0 fully saturated rings. The zero-order valence-electron chi connectivity index (χ0n) is 8.18. The van der Waals surface area contributed by atoms with Crippen molar-refractivity contribution in [1.82, 2.24) is 0 Å². The minimum atomic E-state index is -3.99. The van der Waals surface area contributed by atoms with Crippen molar-refractivity contribution >= 4 is 5.91 Å². The molecule has 0 aliphatic carbocycles. The molecule has 0 aliphatic heterocycles. The predicted octanol–water partition coefficient (Wildman–Crippen LogP) is 1.35. The van der Waals surface area contributed by atoms with Crippen molar-refractivity contribution in [2.45, 2.75) is 32.3 Å². The highest BCUT2D eigenvalue weighted by molar-refractivity contribution is 5.81. The van der Waals surface area contributed by atoms with E-state index in [1.165, 1.54) is 0 Å². The Labute approximate surface area is 79.8 Å². The Balaban J connectivity index is 0. The van der Waals surface area contributed by atoms with Crippen molar-refractivity contribution in [2.24, 2.45) is 5.73 Å². The highest BCUT2D eigenvalue weighted by Gasteiger charge is 2.36. The number of carbonyl (C=O) groups excluding carboxylic acids is 1. The molecule has 1 amide bonds. The third-order valence-electron chi connectivity index (χ3n) is 0.802. The van der Waals surface area contributed by atoms with Gasteiger partial charge in [0.1, 0.15) is 0 Å². The lowest BCUT2D eigenvalue weighted by Gasteiger charge is -2.10. The van der Waals surface area contributed by atoms with Crippen LogP contribution in [0.4, 0.5) is 13.2 Å². The van der Waals surface area contributed by atoms with Gasteiger partial charge in [-0.25, -0.2) is 9.28 Å². The fourth-order valence-corrected chi connectivity index (χ4v) is 0.0659. The van der Waals surface area contributed by atoms with Crippen molar-refractivity contribution in [3.63, 3.8) is 0 Å². The summed E-state index contributed by atoms with van der Waals surface area (Å²) in [6.45, 7) is 3.29. The molecule has 0 rings (SSSR count). The minimum Gasteiger partial charge on any atom is -0.364 e. The van der Waals surface area contributed by atoms with E-state index in [-0.39, 0.29) is 0 Å². The topological polar surface area (TPSA) is 72.6 Å². The molecule has 0 bridgehead atoms. The molecular weight excluding hydrogens is 203 g/mol. The van der Waals surface area contributed by atoms with Crippen molar-refractivity contribution in [3.8, 4) is 0 Å². The van der Waals surface area contributed by atoms with E-state index in [9.17, 15) is 18.0 Å². The summed E-state index contributed by atoms with van der Waals surface area (Å²) in [4.78, 5) is 13.4. The Hall–Kier alpha value is -0.820. The summed E-state index contributed by atoms with van der Waals surface area (Å²) in [5.74, 6) is -5.92. The van der Waals surface area contributed by atoms with Crippen molar-refractivity contribution in [1.29, 1.82) is 0 Å². The lowest BCUT2D eigenvalue weighted by Crippen LogP contribution is -2.37. The van der Waals surface area contributed by atoms with Crippen molar-refractivity contribution in [2.75, 3.05) is 6.67 Å². The van der Waals surface area contributed by atoms with Gasteiger partial charge in [-0.3, -0.25) is 10.1 Å². The summed E-state index contributed by atoms with van der Waals surface area (Å²) >= 11 is 0. The van der Waals surface area contributed by atoms with E-state index in [1.54, 1.807) is 20.8 Å². The summed E-state index contributed by atoms with van der Waals surface area (Å²) in [6.07, 6.45) is 0. The molecule has 0 aromatic heterocycles. The van der Waals surface area contributed by atoms with Gasteiger partial charge in [-0.2, -0.15) is 8.78 Å². The molecule has 4 nitrogen and oxygen atoms in total. The molecule has 0 saturated heterocycles. The molecule has 0 aromatic rings. The van der Waals surface area contributed by atoms with Gasteiger partial charge >= 0.3 is 5.92 Å². The maximum absolute atomic E-state index is 11.4. The zero-order valence-corrected chi connectivity index (χ0v) is 8.18. The maximum atomic E-state index is 11.4. The van der Waals surface area contributed by atoms with E-state index in [0.717, 1.165) is 0 Å². The number of alkyl halides is 3. The van der Waals surface area contributed by atoms with Crippen LogP contribution in [0.25, 0.3) is 0 Å². The smallest absolute Gasteiger partial charge is 0.351 e. The van der Waals surface area contributed by atoms with E-state index in [2.05, 4.69) is 10.6 Å². The molecular formula is C7H14F3NO3. The lowest BCUT2D eigenvalue weighted by molar-refractivity contribution is -0.306. The van der Waals surface area contributed by atoms with Gasteiger partial charge in [-0.1, -0.05) is 0 Å². The van der Waals surface area contributed by atoms with Crippen molar-refractivity contribution < 1.29 is 28.1 Å². The monoisotopic (exact) mass is 217 g/mol. The van der Waals surface area contributed by atoms with Crippen LogP contribution in [-0.4, -0.2) is 29.4 Å². The highest BCUT2D eigenvalue weighted by Crippen LogP contribution is 2.11. The van der Waals surface area contributed by atoms with Crippen LogP contribution in [0, 0.1) is 0 Å². The number of rotatable bonds is 2. The molecule has 86 valence electrons. The van der Waals surface area contributed by atoms with Gasteiger partial charge < -0.3 is 5.73 Å². The summed E-state index contributed by atoms with van der Waals surface area (Å²) in [5.41, 5.74) is 3.65.